The molecule has 0 amide bonds. The lowest BCUT2D eigenvalue weighted by atomic mass is 9.89. The smallest absolute Gasteiger partial charge is 0.306 e. The first-order valence-electron chi connectivity index (χ1n) is 7.21. The topological polar surface area (TPSA) is 76.2 Å². The number of thioether (sulfide) groups is 1. The second-order valence-corrected chi connectivity index (χ2v) is 7.52. The quantitative estimate of drug-likeness (QED) is 0.831. The lowest BCUT2D eigenvalue weighted by molar-refractivity contribution is -0.142. The molecule has 1 saturated carbocycles. The number of aromatic nitrogens is 2. The van der Waals surface area contributed by atoms with Crippen molar-refractivity contribution < 1.29 is 14.3 Å². The van der Waals surface area contributed by atoms with Crippen LogP contribution >= 0.6 is 35.0 Å². The number of hydrogen-bond acceptors (Lipinski definition) is 5. The summed E-state index contributed by atoms with van der Waals surface area (Å²) in [5.74, 6) is -0.572. The fraction of sp³-hybridized carbons (Fsp3) is 0.400. The summed E-state index contributed by atoms with van der Waals surface area (Å²) in [5.41, 5.74) is 0.644. The minimum Gasteiger partial charge on any atom is -0.481 e. The molecule has 1 aliphatic rings. The SMILES string of the molecule is O=C(O)[C@H]1CC[C@H](Sc2nnc(-c3ccc(Cl)cc3Cl)o2)CC1. The van der Waals surface area contributed by atoms with Gasteiger partial charge in [0.1, 0.15) is 0 Å². The summed E-state index contributed by atoms with van der Waals surface area (Å²) in [6.07, 6.45) is 3.05. The number of rotatable bonds is 4. The third-order valence-electron chi connectivity index (χ3n) is 3.86. The van der Waals surface area contributed by atoms with Crippen LogP contribution in [0.5, 0.6) is 0 Å². The average Bonchev–Trinajstić information content (AvgIpc) is 2.96. The number of benzene rings is 1. The van der Waals surface area contributed by atoms with Crippen molar-refractivity contribution >= 4 is 40.9 Å². The summed E-state index contributed by atoms with van der Waals surface area (Å²) in [7, 11) is 0. The Bertz CT molecular complexity index is 714. The van der Waals surface area contributed by atoms with Crippen LogP contribution in [0.4, 0.5) is 0 Å². The minimum absolute atomic E-state index is 0.224. The van der Waals surface area contributed by atoms with E-state index in [0.717, 1.165) is 12.8 Å². The maximum atomic E-state index is 11.0. The molecule has 8 heteroatoms. The Balaban J connectivity index is 1.65. The third kappa shape index (κ3) is 4.00. The highest BCUT2D eigenvalue weighted by molar-refractivity contribution is 7.99. The van der Waals surface area contributed by atoms with Gasteiger partial charge < -0.3 is 9.52 Å². The van der Waals surface area contributed by atoms with Crippen LogP contribution in [0.25, 0.3) is 11.5 Å². The molecule has 1 aliphatic carbocycles. The van der Waals surface area contributed by atoms with Gasteiger partial charge in [0.25, 0.3) is 5.22 Å². The molecule has 122 valence electrons. The summed E-state index contributed by atoms with van der Waals surface area (Å²) in [6.45, 7) is 0. The van der Waals surface area contributed by atoms with E-state index < -0.39 is 5.97 Å². The average molecular weight is 373 g/mol. The third-order valence-corrected chi connectivity index (χ3v) is 5.58. The molecule has 5 nitrogen and oxygen atoms in total. The maximum Gasteiger partial charge on any atom is 0.306 e. The molecule has 0 atom stereocenters. The van der Waals surface area contributed by atoms with E-state index in [1.807, 2.05) is 0 Å². The standard InChI is InChI=1S/C15H14Cl2N2O3S/c16-9-3-6-11(12(17)7-9)13-18-19-15(22-13)23-10-4-1-8(2-5-10)14(20)21/h3,6-8,10H,1-2,4-5H2,(H,20,21)/t8-,10-. The van der Waals surface area contributed by atoms with Crippen LogP contribution in [-0.2, 0) is 4.79 Å². The van der Waals surface area contributed by atoms with Gasteiger partial charge in [-0.05, 0) is 43.9 Å². The zero-order chi connectivity index (χ0) is 16.4. The predicted molar refractivity (Wildman–Crippen MR) is 89.0 cm³/mol. The molecule has 3 rings (SSSR count). The van der Waals surface area contributed by atoms with Gasteiger partial charge in [-0.2, -0.15) is 0 Å². The van der Waals surface area contributed by atoms with Crippen LogP contribution in [0, 0.1) is 5.92 Å². The molecular weight excluding hydrogens is 359 g/mol. The number of hydrogen-bond donors (Lipinski definition) is 1. The Labute approximate surface area is 147 Å². The molecule has 1 N–H and O–H groups in total. The summed E-state index contributed by atoms with van der Waals surface area (Å²) in [6, 6.07) is 5.08. The van der Waals surface area contributed by atoms with Gasteiger partial charge in [-0.25, -0.2) is 0 Å². The molecule has 0 saturated heterocycles. The number of carboxylic acids is 1. The summed E-state index contributed by atoms with van der Waals surface area (Å²) in [4.78, 5) is 11.0. The number of carboxylic acid groups (broad SMARTS) is 1. The highest BCUT2D eigenvalue weighted by Crippen LogP contribution is 2.37. The van der Waals surface area contributed by atoms with Crippen molar-refractivity contribution in [3.8, 4) is 11.5 Å². The molecule has 1 aromatic heterocycles. The van der Waals surface area contributed by atoms with Gasteiger partial charge in [-0.15, -0.1) is 10.2 Å². The lowest BCUT2D eigenvalue weighted by Crippen LogP contribution is -2.22. The normalized spacial score (nSPS) is 21.3. The van der Waals surface area contributed by atoms with E-state index in [0.29, 0.717) is 44.8 Å². The molecule has 1 heterocycles. The molecular formula is C15H14Cl2N2O3S. The molecule has 0 spiro atoms. The molecule has 0 bridgehead atoms. The van der Waals surface area contributed by atoms with Crippen molar-refractivity contribution in [3.63, 3.8) is 0 Å². The van der Waals surface area contributed by atoms with Gasteiger partial charge in [0, 0.05) is 10.3 Å². The molecule has 0 aliphatic heterocycles. The second kappa shape index (κ2) is 7.11. The van der Waals surface area contributed by atoms with Crippen molar-refractivity contribution in [2.45, 2.75) is 36.2 Å². The van der Waals surface area contributed by atoms with E-state index in [4.69, 9.17) is 32.7 Å². The molecule has 1 fully saturated rings. The lowest BCUT2D eigenvalue weighted by Gasteiger charge is -2.24. The van der Waals surface area contributed by atoms with E-state index in [9.17, 15) is 4.79 Å². The predicted octanol–water partition coefficient (Wildman–Crippen LogP) is 4.78. The number of aliphatic carboxylic acids is 1. The first-order chi connectivity index (χ1) is 11.0. The summed E-state index contributed by atoms with van der Waals surface area (Å²) >= 11 is 13.5. The van der Waals surface area contributed by atoms with Gasteiger partial charge >= 0.3 is 5.97 Å². The fourth-order valence-electron chi connectivity index (χ4n) is 2.60. The maximum absolute atomic E-state index is 11.0. The Hall–Kier alpha value is -1.24. The second-order valence-electron chi connectivity index (χ2n) is 5.43. The molecule has 2 aromatic rings. The highest BCUT2D eigenvalue weighted by Gasteiger charge is 2.27. The summed E-state index contributed by atoms with van der Waals surface area (Å²) < 4.78 is 5.66. The zero-order valence-electron chi connectivity index (χ0n) is 12.0. The number of carbonyl (C=O) groups is 1. The van der Waals surface area contributed by atoms with Gasteiger partial charge in [0.05, 0.1) is 16.5 Å². The molecule has 1 aromatic carbocycles. The van der Waals surface area contributed by atoms with Crippen molar-refractivity contribution in [1.29, 1.82) is 0 Å². The van der Waals surface area contributed by atoms with Gasteiger partial charge in [-0.3, -0.25) is 4.79 Å². The Morgan fingerprint density at radius 1 is 1.22 bits per heavy atom. The van der Waals surface area contributed by atoms with E-state index in [1.54, 1.807) is 18.2 Å². The minimum atomic E-state index is -0.703. The number of nitrogens with zero attached hydrogens (tertiary/aromatic N) is 2. The Morgan fingerprint density at radius 3 is 2.61 bits per heavy atom. The molecule has 0 radical (unpaired) electrons. The fourth-order valence-corrected chi connectivity index (χ4v) is 4.10. The van der Waals surface area contributed by atoms with Crippen molar-refractivity contribution in [1.82, 2.24) is 10.2 Å². The highest BCUT2D eigenvalue weighted by atomic mass is 35.5. The van der Waals surface area contributed by atoms with Crippen LogP contribution in [0.2, 0.25) is 10.0 Å². The molecule has 23 heavy (non-hydrogen) atoms. The van der Waals surface area contributed by atoms with Gasteiger partial charge in [0.15, 0.2) is 0 Å². The van der Waals surface area contributed by atoms with Crippen molar-refractivity contribution in [3.05, 3.63) is 28.2 Å². The summed E-state index contributed by atoms with van der Waals surface area (Å²) in [5, 5.41) is 18.9. The first kappa shape index (κ1) is 16.6. The Morgan fingerprint density at radius 2 is 1.96 bits per heavy atom. The van der Waals surface area contributed by atoms with Crippen LogP contribution in [0.1, 0.15) is 25.7 Å². The number of halogens is 2. The van der Waals surface area contributed by atoms with Crippen molar-refractivity contribution in [2.75, 3.05) is 0 Å². The van der Waals surface area contributed by atoms with E-state index >= 15 is 0 Å². The van der Waals surface area contributed by atoms with Crippen LogP contribution in [0.3, 0.4) is 0 Å². The van der Waals surface area contributed by atoms with Gasteiger partial charge in [0.2, 0.25) is 5.89 Å². The van der Waals surface area contributed by atoms with E-state index in [1.165, 1.54) is 11.8 Å². The van der Waals surface area contributed by atoms with Gasteiger partial charge in [-0.1, -0.05) is 35.0 Å². The van der Waals surface area contributed by atoms with Crippen LogP contribution in [0.15, 0.2) is 27.8 Å². The largest absolute Gasteiger partial charge is 0.481 e. The van der Waals surface area contributed by atoms with Crippen LogP contribution in [-0.4, -0.2) is 26.5 Å². The molecule has 0 unspecified atom stereocenters. The van der Waals surface area contributed by atoms with E-state index in [2.05, 4.69) is 10.2 Å². The zero-order valence-corrected chi connectivity index (χ0v) is 14.4. The monoisotopic (exact) mass is 372 g/mol. The van der Waals surface area contributed by atoms with Crippen molar-refractivity contribution in [2.24, 2.45) is 5.92 Å². The first-order valence-corrected chi connectivity index (χ1v) is 8.85. The Kier molecular flexibility index (Phi) is 5.14. The van der Waals surface area contributed by atoms with Crippen LogP contribution < -0.4 is 0 Å². The van der Waals surface area contributed by atoms with E-state index in [-0.39, 0.29) is 5.92 Å².